The van der Waals surface area contributed by atoms with E-state index in [1.54, 1.807) is 6.20 Å². The molecule has 0 radical (unpaired) electrons. The number of benzene rings is 1. The maximum Gasteiger partial charge on any atom is 0.413 e. The second-order valence-electron chi connectivity index (χ2n) is 7.38. The molecule has 6 nitrogen and oxygen atoms in total. The van der Waals surface area contributed by atoms with Crippen molar-refractivity contribution in [3.8, 4) is 0 Å². The summed E-state index contributed by atoms with van der Waals surface area (Å²) in [5.74, 6) is 0.555. The maximum absolute atomic E-state index is 11.9. The van der Waals surface area contributed by atoms with Crippen molar-refractivity contribution in [3.63, 3.8) is 0 Å². The smallest absolute Gasteiger partial charge is 0.413 e. The van der Waals surface area contributed by atoms with Crippen LogP contribution in [0.1, 0.15) is 48.6 Å². The Kier molecular flexibility index (Phi) is 5.85. The van der Waals surface area contributed by atoms with Crippen LogP contribution in [0.25, 0.3) is 0 Å². The van der Waals surface area contributed by atoms with Gasteiger partial charge in [-0.2, -0.15) is 5.10 Å². The molecule has 0 fully saturated rings. The van der Waals surface area contributed by atoms with Crippen LogP contribution in [0.2, 0.25) is 0 Å². The van der Waals surface area contributed by atoms with Crippen LogP contribution in [0, 0.1) is 20.8 Å². The van der Waals surface area contributed by atoms with Crippen molar-refractivity contribution in [2.45, 2.75) is 60.2 Å². The van der Waals surface area contributed by atoms with E-state index in [2.05, 4.69) is 53.7 Å². The lowest BCUT2D eigenvalue weighted by molar-refractivity contribution is 0.0635. The zero-order chi connectivity index (χ0) is 18.6. The van der Waals surface area contributed by atoms with Gasteiger partial charge in [-0.25, -0.2) is 4.79 Å². The van der Waals surface area contributed by atoms with Gasteiger partial charge < -0.3 is 10.1 Å². The molecule has 0 unspecified atom stereocenters. The van der Waals surface area contributed by atoms with Crippen molar-refractivity contribution in [3.05, 3.63) is 46.1 Å². The van der Waals surface area contributed by atoms with Crippen LogP contribution in [0.5, 0.6) is 0 Å². The zero-order valence-corrected chi connectivity index (χ0v) is 15.9. The number of carbonyl (C=O) groups excluding carboxylic acids is 1. The Morgan fingerprint density at radius 3 is 2.40 bits per heavy atom. The summed E-state index contributed by atoms with van der Waals surface area (Å²) < 4.78 is 5.26. The van der Waals surface area contributed by atoms with Gasteiger partial charge in [-0.1, -0.05) is 17.7 Å². The maximum atomic E-state index is 11.9. The monoisotopic (exact) mass is 344 g/mol. The largest absolute Gasteiger partial charge is 0.444 e. The molecule has 6 heteroatoms. The average Bonchev–Trinajstić information content (AvgIpc) is 2.86. The number of amides is 1. The molecule has 3 N–H and O–H groups in total. The molecule has 1 aromatic carbocycles. The Hall–Kier alpha value is -2.34. The molecule has 136 valence electrons. The molecule has 0 bridgehead atoms. The number of aryl methyl sites for hydroxylation is 3. The molecule has 25 heavy (non-hydrogen) atoms. The third-order valence-electron chi connectivity index (χ3n) is 3.80. The van der Waals surface area contributed by atoms with Crippen LogP contribution in [0.4, 0.5) is 10.6 Å². The van der Waals surface area contributed by atoms with Crippen molar-refractivity contribution in [1.29, 1.82) is 0 Å². The van der Waals surface area contributed by atoms with E-state index in [-0.39, 0.29) is 0 Å². The minimum atomic E-state index is -0.539. The highest BCUT2D eigenvalue weighted by atomic mass is 16.6. The molecular weight excluding hydrogens is 316 g/mol. The molecule has 0 atom stereocenters. The molecule has 0 aliphatic rings. The summed E-state index contributed by atoms with van der Waals surface area (Å²) in [6.45, 7) is 13.2. The van der Waals surface area contributed by atoms with Crippen LogP contribution in [0.15, 0.2) is 18.3 Å². The minimum absolute atomic E-state index is 0.497. The van der Waals surface area contributed by atoms with E-state index >= 15 is 0 Å². The van der Waals surface area contributed by atoms with Crippen LogP contribution >= 0.6 is 0 Å². The number of nitrogens with zero attached hydrogens (tertiary/aromatic N) is 1. The minimum Gasteiger partial charge on any atom is -0.444 e. The first-order chi connectivity index (χ1) is 11.7. The highest BCUT2D eigenvalue weighted by Gasteiger charge is 2.18. The van der Waals surface area contributed by atoms with Crippen LogP contribution in [-0.2, 0) is 17.8 Å². The molecule has 1 amide bonds. The first kappa shape index (κ1) is 19.0. The summed E-state index contributed by atoms with van der Waals surface area (Å²) in [7, 11) is 0. The summed E-state index contributed by atoms with van der Waals surface area (Å²) in [4.78, 5) is 11.9. The van der Waals surface area contributed by atoms with Gasteiger partial charge in [0.1, 0.15) is 11.4 Å². The Labute approximate surface area is 149 Å². The van der Waals surface area contributed by atoms with Gasteiger partial charge in [0, 0.05) is 18.7 Å². The SMILES string of the molecule is Cc1cc(C)c(CNCc2cn[nH]c2NC(=O)OC(C)(C)C)c(C)c1. The zero-order valence-electron chi connectivity index (χ0n) is 15.9. The summed E-state index contributed by atoms with van der Waals surface area (Å²) >= 11 is 0. The Morgan fingerprint density at radius 1 is 1.16 bits per heavy atom. The first-order valence-electron chi connectivity index (χ1n) is 8.45. The predicted molar refractivity (Wildman–Crippen MR) is 99.6 cm³/mol. The molecule has 2 aromatic rings. The fourth-order valence-corrected chi connectivity index (χ4v) is 2.77. The van der Waals surface area contributed by atoms with Crippen LogP contribution in [-0.4, -0.2) is 21.9 Å². The van der Waals surface area contributed by atoms with E-state index < -0.39 is 11.7 Å². The van der Waals surface area contributed by atoms with Crippen molar-refractivity contribution in [1.82, 2.24) is 15.5 Å². The number of anilines is 1. The van der Waals surface area contributed by atoms with E-state index in [1.807, 2.05) is 20.8 Å². The number of nitrogens with one attached hydrogen (secondary N) is 3. The fourth-order valence-electron chi connectivity index (χ4n) is 2.77. The number of carbonyl (C=O) groups is 1. The number of hydrogen-bond donors (Lipinski definition) is 3. The molecule has 0 aliphatic heterocycles. The highest BCUT2D eigenvalue weighted by molar-refractivity contribution is 5.84. The lowest BCUT2D eigenvalue weighted by Crippen LogP contribution is -2.27. The Morgan fingerprint density at radius 2 is 1.80 bits per heavy atom. The standard InChI is InChI=1S/C19H28N4O2/c1-12-7-13(2)16(14(3)8-12)11-20-9-15-10-21-23-17(15)22-18(24)25-19(4,5)6/h7-8,10,20H,9,11H2,1-6H3,(H2,21,22,23,24). The summed E-state index contributed by atoms with van der Waals surface area (Å²) in [5.41, 5.74) is 5.48. The lowest BCUT2D eigenvalue weighted by atomic mass is 10.00. The molecule has 0 aliphatic carbocycles. The Bertz CT molecular complexity index is 721. The van der Waals surface area contributed by atoms with E-state index in [9.17, 15) is 4.79 Å². The number of rotatable bonds is 5. The third kappa shape index (κ3) is 5.60. The molecule has 0 saturated carbocycles. The van der Waals surface area contributed by atoms with Gasteiger partial charge in [0.2, 0.25) is 0 Å². The van der Waals surface area contributed by atoms with Gasteiger partial charge in [0.25, 0.3) is 0 Å². The quantitative estimate of drug-likeness (QED) is 0.767. The topological polar surface area (TPSA) is 79.0 Å². The summed E-state index contributed by atoms with van der Waals surface area (Å²) in [6.07, 6.45) is 1.21. The van der Waals surface area contributed by atoms with Gasteiger partial charge in [-0.05, 0) is 58.2 Å². The lowest BCUT2D eigenvalue weighted by Gasteiger charge is -2.19. The number of aromatic nitrogens is 2. The van der Waals surface area contributed by atoms with E-state index in [1.165, 1.54) is 22.3 Å². The predicted octanol–water partition coefficient (Wildman–Crippen LogP) is 3.97. The van der Waals surface area contributed by atoms with Crippen LogP contribution in [0.3, 0.4) is 0 Å². The molecule has 0 spiro atoms. The number of hydrogen-bond acceptors (Lipinski definition) is 4. The summed E-state index contributed by atoms with van der Waals surface area (Å²) in [5, 5.41) is 12.9. The normalized spacial score (nSPS) is 11.4. The van der Waals surface area contributed by atoms with Crippen molar-refractivity contribution >= 4 is 11.9 Å². The molecular formula is C19H28N4O2. The number of ether oxygens (including phenoxy) is 1. The second-order valence-corrected chi connectivity index (χ2v) is 7.38. The van der Waals surface area contributed by atoms with E-state index in [0.717, 1.165) is 12.1 Å². The number of aromatic amines is 1. The van der Waals surface area contributed by atoms with Crippen LogP contribution < -0.4 is 10.6 Å². The second kappa shape index (κ2) is 7.70. The average molecular weight is 344 g/mol. The van der Waals surface area contributed by atoms with Gasteiger partial charge in [-0.3, -0.25) is 10.4 Å². The third-order valence-corrected chi connectivity index (χ3v) is 3.80. The highest BCUT2D eigenvalue weighted by Crippen LogP contribution is 2.17. The molecule has 1 aromatic heterocycles. The van der Waals surface area contributed by atoms with E-state index in [4.69, 9.17) is 4.74 Å². The van der Waals surface area contributed by atoms with E-state index in [0.29, 0.717) is 12.4 Å². The van der Waals surface area contributed by atoms with Crippen molar-refractivity contribution in [2.75, 3.05) is 5.32 Å². The van der Waals surface area contributed by atoms with Crippen molar-refractivity contribution < 1.29 is 9.53 Å². The Balaban J connectivity index is 1.95. The van der Waals surface area contributed by atoms with Gasteiger partial charge in [0.15, 0.2) is 0 Å². The molecule has 0 saturated heterocycles. The van der Waals surface area contributed by atoms with Gasteiger partial charge in [-0.15, -0.1) is 0 Å². The molecule has 2 rings (SSSR count). The van der Waals surface area contributed by atoms with Crippen molar-refractivity contribution in [2.24, 2.45) is 0 Å². The summed E-state index contributed by atoms with van der Waals surface area (Å²) in [6, 6.07) is 4.38. The van der Waals surface area contributed by atoms with Gasteiger partial charge >= 0.3 is 6.09 Å². The number of H-pyrrole nitrogens is 1. The van der Waals surface area contributed by atoms with Gasteiger partial charge in [0.05, 0.1) is 6.20 Å². The fraction of sp³-hybridized carbons (Fsp3) is 0.474. The first-order valence-corrected chi connectivity index (χ1v) is 8.45. The molecule has 1 heterocycles.